The molecule has 1 aliphatic rings. The highest BCUT2D eigenvalue weighted by molar-refractivity contribution is 6.04. The lowest BCUT2D eigenvalue weighted by Gasteiger charge is -2.46. The maximum absolute atomic E-state index is 12.9. The van der Waals surface area contributed by atoms with Gasteiger partial charge in [-0.15, -0.1) is 0 Å². The topological polar surface area (TPSA) is 107 Å². The van der Waals surface area contributed by atoms with Crippen LogP contribution in [0.5, 0.6) is 0 Å². The largest absolute Gasteiger partial charge is 0.465 e. The Balaban J connectivity index is 2.75. The fourth-order valence-corrected chi connectivity index (χ4v) is 4.10. The van der Waals surface area contributed by atoms with Crippen LogP contribution in [0.4, 0.5) is 13.2 Å². The van der Waals surface area contributed by atoms with Crippen molar-refractivity contribution in [2.75, 3.05) is 6.61 Å². The third-order valence-corrected chi connectivity index (χ3v) is 5.60. The number of ether oxygens (including phenoxy) is 1. The highest BCUT2D eigenvalue weighted by atomic mass is 19.4. The standard InChI is InChI=1S/C19H22F3NO6/c1-4-29-16(25)18(11(2)24)10-9-17(3,26)15(23(27)28)14(18)12-5-7-13(8-6-12)19(20,21)22/h5-8,14-15,26H,4,9-10H2,1-3H3/t14-,15-,17+,18?/m0/s1. The Morgan fingerprint density at radius 3 is 2.24 bits per heavy atom. The second kappa shape index (κ2) is 7.74. The highest BCUT2D eigenvalue weighted by Gasteiger charge is 2.66. The molecule has 0 radical (unpaired) electrons. The summed E-state index contributed by atoms with van der Waals surface area (Å²) >= 11 is 0. The minimum Gasteiger partial charge on any atom is -0.465 e. The van der Waals surface area contributed by atoms with Crippen LogP contribution in [0, 0.1) is 15.5 Å². The second-order valence-corrected chi connectivity index (χ2v) is 7.43. The monoisotopic (exact) mass is 417 g/mol. The van der Waals surface area contributed by atoms with E-state index in [1.807, 2.05) is 0 Å². The van der Waals surface area contributed by atoms with Crippen LogP contribution in [-0.2, 0) is 20.5 Å². The minimum atomic E-state index is -4.63. The van der Waals surface area contributed by atoms with Crippen LogP contribution in [0.25, 0.3) is 0 Å². The number of alkyl halides is 3. The van der Waals surface area contributed by atoms with E-state index in [1.165, 1.54) is 13.8 Å². The number of ketones is 1. The number of benzene rings is 1. The summed E-state index contributed by atoms with van der Waals surface area (Å²) in [6.45, 7) is 3.72. The number of Topliss-reactive ketones (excluding diaryl/α,β-unsaturated/α-hetero) is 1. The van der Waals surface area contributed by atoms with Gasteiger partial charge >= 0.3 is 12.1 Å². The molecule has 1 aliphatic carbocycles. The first kappa shape index (κ1) is 22.8. The number of nitrogens with zero attached hydrogens (tertiary/aromatic N) is 1. The van der Waals surface area contributed by atoms with Crippen molar-refractivity contribution in [3.63, 3.8) is 0 Å². The van der Waals surface area contributed by atoms with Gasteiger partial charge in [-0.25, -0.2) is 0 Å². The zero-order valence-corrected chi connectivity index (χ0v) is 16.2. The number of rotatable bonds is 5. The second-order valence-electron chi connectivity index (χ2n) is 7.43. The molecular formula is C19H22F3NO6. The third kappa shape index (κ3) is 3.98. The van der Waals surface area contributed by atoms with Gasteiger partial charge in [-0.3, -0.25) is 19.7 Å². The molecule has 4 atom stereocenters. The Morgan fingerprint density at radius 2 is 1.83 bits per heavy atom. The van der Waals surface area contributed by atoms with Gasteiger partial charge in [-0.1, -0.05) is 12.1 Å². The number of hydrogen-bond donors (Lipinski definition) is 1. The average Bonchev–Trinajstić information content (AvgIpc) is 2.59. The summed E-state index contributed by atoms with van der Waals surface area (Å²) in [6, 6.07) is 1.66. The van der Waals surface area contributed by atoms with Gasteiger partial charge in [-0.05, 0) is 51.3 Å². The predicted octanol–water partition coefficient (Wildman–Crippen LogP) is 3.12. The average molecular weight is 417 g/mol. The molecule has 0 amide bonds. The Labute approximate surface area is 165 Å². The smallest absolute Gasteiger partial charge is 0.416 e. The van der Waals surface area contributed by atoms with Crippen molar-refractivity contribution in [2.45, 2.75) is 57.3 Å². The summed E-state index contributed by atoms with van der Waals surface area (Å²) < 4.78 is 43.8. The van der Waals surface area contributed by atoms with Crippen LogP contribution < -0.4 is 0 Å². The molecule has 29 heavy (non-hydrogen) atoms. The molecule has 0 aromatic heterocycles. The maximum atomic E-state index is 12.9. The maximum Gasteiger partial charge on any atom is 0.416 e. The van der Waals surface area contributed by atoms with E-state index in [2.05, 4.69) is 0 Å². The first-order valence-electron chi connectivity index (χ1n) is 9.00. The van der Waals surface area contributed by atoms with Gasteiger partial charge in [0.2, 0.25) is 6.04 Å². The molecule has 0 spiro atoms. The number of carbonyl (C=O) groups excluding carboxylic acids is 2. The molecule has 2 rings (SSSR count). The molecule has 1 unspecified atom stereocenters. The zero-order chi connectivity index (χ0) is 22.2. The summed E-state index contributed by atoms with van der Waals surface area (Å²) in [4.78, 5) is 36.5. The van der Waals surface area contributed by atoms with E-state index in [-0.39, 0.29) is 25.0 Å². The summed E-state index contributed by atoms with van der Waals surface area (Å²) in [6.07, 6.45) is -5.09. The number of aliphatic hydroxyl groups is 1. The molecule has 1 saturated carbocycles. The van der Waals surface area contributed by atoms with E-state index >= 15 is 0 Å². The number of nitro groups is 1. The summed E-state index contributed by atoms with van der Waals surface area (Å²) in [5.41, 5.74) is -4.88. The zero-order valence-electron chi connectivity index (χ0n) is 16.2. The summed E-state index contributed by atoms with van der Waals surface area (Å²) in [7, 11) is 0. The lowest BCUT2D eigenvalue weighted by molar-refractivity contribution is -0.555. The summed E-state index contributed by atoms with van der Waals surface area (Å²) in [5.74, 6) is -3.19. The minimum absolute atomic E-state index is 0.0251. The van der Waals surface area contributed by atoms with E-state index < -0.39 is 51.4 Å². The molecular weight excluding hydrogens is 395 g/mol. The van der Waals surface area contributed by atoms with E-state index in [1.54, 1.807) is 0 Å². The predicted molar refractivity (Wildman–Crippen MR) is 94.6 cm³/mol. The molecule has 7 nitrogen and oxygen atoms in total. The van der Waals surface area contributed by atoms with Gasteiger partial charge in [0, 0.05) is 4.92 Å². The van der Waals surface area contributed by atoms with Crippen molar-refractivity contribution in [3.8, 4) is 0 Å². The Kier molecular flexibility index (Phi) is 6.08. The van der Waals surface area contributed by atoms with Gasteiger partial charge in [-0.2, -0.15) is 13.2 Å². The quantitative estimate of drug-likeness (QED) is 0.341. The van der Waals surface area contributed by atoms with Gasteiger partial charge in [0.1, 0.15) is 16.8 Å². The Morgan fingerprint density at radius 1 is 1.28 bits per heavy atom. The lowest BCUT2D eigenvalue weighted by atomic mass is 9.56. The van der Waals surface area contributed by atoms with Crippen LogP contribution in [0.1, 0.15) is 50.7 Å². The third-order valence-electron chi connectivity index (χ3n) is 5.60. The molecule has 0 aliphatic heterocycles. The van der Waals surface area contributed by atoms with E-state index in [9.17, 15) is 38.0 Å². The van der Waals surface area contributed by atoms with Crippen molar-refractivity contribution in [2.24, 2.45) is 5.41 Å². The van der Waals surface area contributed by atoms with E-state index in [4.69, 9.17) is 4.74 Å². The van der Waals surface area contributed by atoms with Crippen molar-refractivity contribution in [3.05, 3.63) is 45.5 Å². The molecule has 1 fully saturated rings. The van der Waals surface area contributed by atoms with Crippen LogP contribution in [-0.4, -0.2) is 40.0 Å². The van der Waals surface area contributed by atoms with Gasteiger partial charge in [0.25, 0.3) is 0 Å². The Bertz CT molecular complexity index is 805. The molecule has 1 aromatic rings. The van der Waals surface area contributed by atoms with Crippen LogP contribution in [0.3, 0.4) is 0 Å². The van der Waals surface area contributed by atoms with Crippen LogP contribution in [0.15, 0.2) is 24.3 Å². The molecule has 10 heteroatoms. The Hall–Kier alpha value is -2.49. The van der Waals surface area contributed by atoms with Gasteiger partial charge in [0.15, 0.2) is 0 Å². The molecule has 160 valence electrons. The van der Waals surface area contributed by atoms with Crippen LogP contribution in [0.2, 0.25) is 0 Å². The molecule has 0 heterocycles. The van der Waals surface area contributed by atoms with Crippen molar-refractivity contribution >= 4 is 11.8 Å². The normalized spacial score (nSPS) is 29.9. The number of esters is 1. The van der Waals surface area contributed by atoms with Crippen molar-refractivity contribution < 1.29 is 37.5 Å². The van der Waals surface area contributed by atoms with E-state index in [0.717, 1.165) is 31.2 Å². The fourth-order valence-electron chi connectivity index (χ4n) is 4.10. The molecule has 1 aromatic carbocycles. The van der Waals surface area contributed by atoms with Crippen molar-refractivity contribution in [1.82, 2.24) is 0 Å². The molecule has 0 saturated heterocycles. The highest BCUT2D eigenvalue weighted by Crippen LogP contribution is 2.53. The van der Waals surface area contributed by atoms with E-state index in [0.29, 0.717) is 0 Å². The number of halogens is 3. The number of carbonyl (C=O) groups is 2. The molecule has 1 N–H and O–H groups in total. The fraction of sp³-hybridized carbons (Fsp3) is 0.579. The SMILES string of the molecule is CCOC(=O)C1(C(C)=O)CC[C@@](C)(O)[C@@H]([N+](=O)[O-])[C@@H]1c1ccc(C(F)(F)F)cc1. The van der Waals surface area contributed by atoms with Gasteiger partial charge in [0.05, 0.1) is 18.1 Å². The summed E-state index contributed by atoms with van der Waals surface area (Å²) in [5, 5.41) is 22.5. The lowest BCUT2D eigenvalue weighted by Crippen LogP contribution is -2.61. The molecule has 0 bridgehead atoms. The van der Waals surface area contributed by atoms with Crippen molar-refractivity contribution in [1.29, 1.82) is 0 Å². The first-order valence-corrected chi connectivity index (χ1v) is 9.00. The van der Waals surface area contributed by atoms with Crippen LogP contribution >= 0.6 is 0 Å². The number of hydrogen-bond acceptors (Lipinski definition) is 6. The first-order chi connectivity index (χ1) is 13.3. The van der Waals surface area contributed by atoms with Gasteiger partial charge < -0.3 is 9.84 Å².